The van der Waals surface area contributed by atoms with Crippen LogP contribution in [-0.2, 0) is 4.79 Å². The lowest BCUT2D eigenvalue weighted by molar-refractivity contribution is -0.114. The molecular weight excluding hydrogens is 387 g/mol. The molecule has 1 unspecified atom stereocenters. The summed E-state index contributed by atoms with van der Waals surface area (Å²) < 4.78 is 18.8. The van der Waals surface area contributed by atoms with Crippen molar-refractivity contribution in [1.82, 2.24) is 10.6 Å². The molecule has 0 aliphatic heterocycles. The van der Waals surface area contributed by atoms with Crippen LogP contribution in [0.5, 0.6) is 5.75 Å². The van der Waals surface area contributed by atoms with Crippen molar-refractivity contribution in [3.63, 3.8) is 0 Å². The molecule has 0 aromatic heterocycles. The lowest BCUT2D eigenvalue weighted by atomic mass is 10.1. The van der Waals surface area contributed by atoms with Crippen molar-refractivity contribution in [3.05, 3.63) is 59.9 Å². The van der Waals surface area contributed by atoms with Crippen LogP contribution in [0.2, 0.25) is 0 Å². The van der Waals surface area contributed by atoms with Crippen molar-refractivity contribution in [2.45, 2.75) is 33.0 Å². The van der Waals surface area contributed by atoms with Crippen LogP contribution in [0.4, 0.5) is 10.1 Å². The lowest BCUT2D eigenvalue weighted by Crippen LogP contribution is -2.40. The SMILES string of the molecule is CCNC(=NCC(=O)Nc1cccc(F)c1)NCC(O)c1ccc(OC(C)C)cc1. The van der Waals surface area contributed by atoms with Gasteiger partial charge in [0.15, 0.2) is 5.96 Å². The van der Waals surface area contributed by atoms with Crippen LogP contribution in [0, 0.1) is 5.82 Å². The monoisotopic (exact) mass is 416 g/mol. The molecule has 1 amide bonds. The van der Waals surface area contributed by atoms with Crippen molar-refractivity contribution in [2.24, 2.45) is 4.99 Å². The Kier molecular flexibility index (Phi) is 9.08. The molecule has 162 valence electrons. The molecule has 2 rings (SSSR count). The van der Waals surface area contributed by atoms with Gasteiger partial charge in [0.1, 0.15) is 18.1 Å². The number of benzene rings is 2. The topological polar surface area (TPSA) is 95.0 Å². The minimum Gasteiger partial charge on any atom is -0.491 e. The standard InChI is InChI=1S/C22H29FN4O3/c1-4-24-22(26-14-21(29)27-18-7-5-6-17(23)12-18)25-13-20(28)16-8-10-19(11-9-16)30-15(2)3/h5-12,15,20,28H,4,13-14H2,1-3H3,(H,27,29)(H2,24,25,26). The highest BCUT2D eigenvalue weighted by molar-refractivity contribution is 5.94. The number of ether oxygens (including phenoxy) is 1. The molecule has 0 saturated heterocycles. The second-order valence-electron chi connectivity index (χ2n) is 6.89. The number of carbonyl (C=O) groups excluding carboxylic acids is 1. The highest BCUT2D eigenvalue weighted by Crippen LogP contribution is 2.18. The van der Waals surface area contributed by atoms with E-state index in [1.54, 1.807) is 18.2 Å². The third-order valence-corrected chi connectivity index (χ3v) is 3.93. The maximum absolute atomic E-state index is 13.2. The highest BCUT2D eigenvalue weighted by Gasteiger charge is 2.10. The first-order valence-corrected chi connectivity index (χ1v) is 9.89. The number of aliphatic hydroxyl groups is 1. The van der Waals surface area contributed by atoms with E-state index < -0.39 is 11.9 Å². The molecule has 0 aliphatic rings. The van der Waals surface area contributed by atoms with Crippen molar-refractivity contribution >= 4 is 17.6 Å². The summed E-state index contributed by atoms with van der Waals surface area (Å²) in [6.07, 6.45) is -0.678. The number of aliphatic imine (C=N–C) groups is 1. The van der Waals surface area contributed by atoms with E-state index >= 15 is 0 Å². The first-order valence-electron chi connectivity index (χ1n) is 9.89. The Morgan fingerprint density at radius 3 is 2.53 bits per heavy atom. The van der Waals surface area contributed by atoms with Gasteiger partial charge in [-0.1, -0.05) is 18.2 Å². The maximum Gasteiger partial charge on any atom is 0.246 e. The van der Waals surface area contributed by atoms with Gasteiger partial charge in [0.2, 0.25) is 5.91 Å². The zero-order valence-corrected chi connectivity index (χ0v) is 17.5. The summed E-state index contributed by atoms with van der Waals surface area (Å²) in [7, 11) is 0. The fourth-order valence-electron chi connectivity index (χ4n) is 2.61. The third kappa shape index (κ3) is 8.08. The quantitative estimate of drug-likeness (QED) is 0.373. The van der Waals surface area contributed by atoms with Crippen molar-refractivity contribution < 1.29 is 19.0 Å². The van der Waals surface area contributed by atoms with Gasteiger partial charge in [-0.05, 0) is 56.7 Å². The molecule has 0 aliphatic carbocycles. The largest absolute Gasteiger partial charge is 0.491 e. The van der Waals surface area contributed by atoms with Crippen LogP contribution in [0.3, 0.4) is 0 Å². The second-order valence-corrected chi connectivity index (χ2v) is 6.89. The van der Waals surface area contributed by atoms with Gasteiger partial charge in [0.05, 0.1) is 12.2 Å². The third-order valence-electron chi connectivity index (χ3n) is 3.93. The number of hydrogen-bond acceptors (Lipinski definition) is 4. The number of aliphatic hydroxyl groups excluding tert-OH is 1. The minimum atomic E-state index is -0.761. The van der Waals surface area contributed by atoms with Crippen molar-refractivity contribution in [1.29, 1.82) is 0 Å². The van der Waals surface area contributed by atoms with Gasteiger partial charge in [-0.3, -0.25) is 4.79 Å². The Balaban J connectivity index is 1.88. The summed E-state index contributed by atoms with van der Waals surface area (Å²) >= 11 is 0. The van der Waals surface area contributed by atoms with Crippen LogP contribution < -0.4 is 20.7 Å². The number of guanidine groups is 1. The number of nitrogens with zero attached hydrogens (tertiary/aromatic N) is 1. The smallest absolute Gasteiger partial charge is 0.246 e. The van der Waals surface area contributed by atoms with Crippen LogP contribution >= 0.6 is 0 Å². The molecule has 4 N–H and O–H groups in total. The number of amides is 1. The van der Waals surface area contributed by atoms with Gasteiger partial charge in [-0.2, -0.15) is 0 Å². The Hall–Kier alpha value is -3.13. The second kappa shape index (κ2) is 11.8. The van der Waals surface area contributed by atoms with Gasteiger partial charge in [0.25, 0.3) is 0 Å². The van der Waals surface area contributed by atoms with E-state index in [1.165, 1.54) is 18.2 Å². The molecule has 0 heterocycles. The molecule has 0 saturated carbocycles. The molecule has 30 heavy (non-hydrogen) atoms. The first-order chi connectivity index (χ1) is 14.4. The number of halogens is 1. The van der Waals surface area contributed by atoms with Gasteiger partial charge in [0, 0.05) is 18.8 Å². The van der Waals surface area contributed by atoms with Crippen molar-refractivity contribution in [2.75, 3.05) is 25.0 Å². The predicted molar refractivity (Wildman–Crippen MR) is 116 cm³/mol. The minimum absolute atomic E-state index is 0.0828. The Morgan fingerprint density at radius 1 is 1.17 bits per heavy atom. The fourth-order valence-corrected chi connectivity index (χ4v) is 2.61. The summed E-state index contributed by atoms with van der Waals surface area (Å²) in [6.45, 7) is 6.45. The van der Waals surface area contributed by atoms with E-state index in [4.69, 9.17) is 4.74 Å². The normalized spacial score (nSPS) is 12.4. The van der Waals surface area contributed by atoms with E-state index in [0.717, 1.165) is 11.3 Å². The Bertz CT molecular complexity index is 841. The molecule has 0 spiro atoms. The van der Waals surface area contributed by atoms with Crippen LogP contribution in [0.25, 0.3) is 0 Å². The lowest BCUT2D eigenvalue weighted by Gasteiger charge is -2.16. The van der Waals surface area contributed by atoms with Gasteiger partial charge in [-0.15, -0.1) is 0 Å². The molecule has 8 heteroatoms. The Morgan fingerprint density at radius 2 is 1.90 bits per heavy atom. The summed E-state index contributed by atoms with van der Waals surface area (Å²) in [4.78, 5) is 16.2. The van der Waals surface area contributed by atoms with E-state index in [1.807, 2.05) is 32.9 Å². The number of nitrogens with one attached hydrogen (secondary N) is 3. The van der Waals surface area contributed by atoms with E-state index in [0.29, 0.717) is 18.2 Å². The van der Waals surface area contributed by atoms with Crippen LogP contribution in [-0.4, -0.2) is 42.7 Å². The zero-order valence-electron chi connectivity index (χ0n) is 17.5. The first kappa shape index (κ1) is 23.2. The van der Waals surface area contributed by atoms with E-state index in [-0.39, 0.29) is 25.1 Å². The number of hydrogen-bond donors (Lipinski definition) is 4. The molecule has 0 radical (unpaired) electrons. The molecule has 2 aromatic rings. The zero-order chi connectivity index (χ0) is 21.9. The van der Waals surface area contributed by atoms with E-state index in [9.17, 15) is 14.3 Å². The van der Waals surface area contributed by atoms with Crippen LogP contribution in [0.15, 0.2) is 53.5 Å². The maximum atomic E-state index is 13.2. The summed E-state index contributed by atoms with van der Waals surface area (Å²) in [6, 6.07) is 12.9. The average molecular weight is 416 g/mol. The van der Waals surface area contributed by atoms with Gasteiger partial charge in [-0.25, -0.2) is 9.38 Å². The average Bonchev–Trinajstić information content (AvgIpc) is 2.70. The number of anilines is 1. The fraction of sp³-hybridized carbons (Fsp3) is 0.364. The molecule has 7 nitrogen and oxygen atoms in total. The van der Waals surface area contributed by atoms with Crippen molar-refractivity contribution in [3.8, 4) is 5.75 Å². The number of carbonyl (C=O) groups is 1. The molecule has 1 atom stereocenters. The summed E-state index contributed by atoms with van der Waals surface area (Å²) in [5.74, 6) is 0.335. The Labute approximate surface area is 176 Å². The van der Waals surface area contributed by atoms with E-state index in [2.05, 4.69) is 20.9 Å². The van der Waals surface area contributed by atoms with Gasteiger partial charge < -0.3 is 25.8 Å². The van der Waals surface area contributed by atoms with Gasteiger partial charge >= 0.3 is 0 Å². The molecule has 2 aromatic carbocycles. The summed E-state index contributed by atoms with van der Waals surface area (Å²) in [5, 5.41) is 19.0. The molecule has 0 bridgehead atoms. The molecular formula is C22H29FN4O3. The summed E-state index contributed by atoms with van der Waals surface area (Å²) in [5.41, 5.74) is 1.10. The number of rotatable bonds is 9. The highest BCUT2D eigenvalue weighted by atomic mass is 19.1. The van der Waals surface area contributed by atoms with Crippen LogP contribution in [0.1, 0.15) is 32.4 Å². The predicted octanol–water partition coefficient (Wildman–Crippen LogP) is 2.84. The molecule has 0 fully saturated rings.